The Bertz CT molecular complexity index is 577. The van der Waals surface area contributed by atoms with Gasteiger partial charge in [0.05, 0.1) is 0 Å². The van der Waals surface area contributed by atoms with Crippen LogP contribution in [-0.2, 0) is 6.42 Å². The number of benzene rings is 1. The zero-order valence-electron chi connectivity index (χ0n) is 13.1. The van der Waals surface area contributed by atoms with Gasteiger partial charge in [-0.05, 0) is 56.0 Å². The second-order valence-electron chi connectivity index (χ2n) is 6.41. The van der Waals surface area contributed by atoms with Gasteiger partial charge in [0.1, 0.15) is 0 Å². The fraction of sp³-hybridized carbons (Fsp3) is 0.400. The van der Waals surface area contributed by atoms with E-state index in [0.29, 0.717) is 11.8 Å². The Balaban J connectivity index is 1.97. The molecule has 2 aliphatic rings. The highest BCUT2D eigenvalue weighted by Gasteiger charge is 2.27. The molecule has 0 radical (unpaired) electrons. The molecular formula is C20H25N. The lowest BCUT2D eigenvalue weighted by Crippen LogP contribution is -2.15. The maximum atomic E-state index is 2.48. The number of allylic oxidation sites excluding steroid dienone is 5. The highest BCUT2D eigenvalue weighted by atomic mass is 15.0. The van der Waals surface area contributed by atoms with Crippen molar-refractivity contribution in [1.82, 2.24) is 4.90 Å². The first-order valence-corrected chi connectivity index (χ1v) is 8.04. The second-order valence-corrected chi connectivity index (χ2v) is 6.41. The van der Waals surface area contributed by atoms with Crippen molar-refractivity contribution in [2.24, 2.45) is 11.8 Å². The normalized spacial score (nSPS) is 25.8. The van der Waals surface area contributed by atoms with E-state index in [2.05, 4.69) is 73.6 Å². The van der Waals surface area contributed by atoms with Crippen LogP contribution in [-0.4, -0.2) is 25.5 Å². The molecule has 0 N–H and O–H groups in total. The van der Waals surface area contributed by atoms with Crippen molar-refractivity contribution in [3.8, 4) is 0 Å². The van der Waals surface area contributed by atoms with Gasteiger partial charge in [-0.1, -0.05) is 54.6 Å². The minimum Gasteiger partial charge on any atom is -0.309 e. The van der Waals surface area contributed by atoms with Gasteiger partial charge in [-0.3, -0.25) is 0 Å². The van der Waals surface area contributed by atoms with E-state index in [-0.39, 0.29) is 0 Å². The first-order chi connectivity index (χ1) is 10.3. The minimum absolute atomic E-state index is 0.556. The highest BCUT2D eigenvalue weighted by molar-refractivity contribution is 5.73. The Morgan fingerprint density at radius 2 is 1.95 bits per heavy atom. The first-order valence-electron chi connectivity index (χ1n) is 8.04. The molecule has 2 atom stereocenters. The Morgan fingerprint density at radius 3 is 2.81 bits per heavy atom. The van der Waals surface area contributed by atoms with Crippen LogP contribution in [0.5, 0.6) is 0 Å². The predicted molar refractivity (Wildman–Crippen MR) is 91.2 cm³/mol. The van der Waals surface area contributed by atoms with Crippen LogP contribution in [0.1, 0.15) is 24.0 Å². The highest BCUT2D eigenvalue weighted by Crippen LogP contribution is 2.40. The lowest BCUT2D eigenvalue weighted by Gasteiger charge is -2.25. The lowest BCUT2D eigenvalue weighted by atomic mass is 9.80. The van der Waals surface area contributed by atoms with Gasteiger partial charge in [-0.2, -0.15) is 0 Å². The monoisotopic (exact) mass is 279 g/mol. The minimum atomic E-state index is 0.556. The number of hydrogen-bond acceptors (Lipinski definition) is 1. The number of nitrogens with zero attached hydrogens (tertiary/aromatic N) is 1. The van der Waals surface area contributed by atoms with Gasteiger partial charge in [0.2, 0.25) is 0 Å². The summed E-state index contributed by atoms with van der Waals surface area (Å²) in [5.41, 5.74) is 4.53. The van der Waals surface area contributed by atoms with Crippen molar-refractivity contribution < 1.29 is 0 Å². The van der Waals surface area contributed by atoms with Gasteiger partial charge in [0.15, 0.2) is 0 Å². The molecule has 0 aliphatic heterocycles. The van der Waals surface area contributed by atoms with E-state index < -0.39 is 0 Å². The van der Waals surface area contributed by atoms with E-state index in [1.54, 1.807) is 0 Å². The second kappa shape index (κ2) is 6.44. The van der Waals surface area contributed by atoms with Crippen LogP contribution in [0.25, 0.3) is 5.57 Å². The molecule has 0 saturated heterocycles. The predicted octanol–water partition coefficient (Wildman–Crippen LogP) is 4.33. The summed E-state index contributed by atoms with van der Waals surface area (Å²) in [6.07, 6.45) is 15.3. The molecule has 2 unspecified atom stereocenters. The van der Waals surface area contributed by atoms with Crippen LogP contribution in [0.15, 0.2) is 54.6 Å². The molecule has 3 rings (SSSR count). The molecule has 110 valence electrons. The number of hydrogen-bond donors (Lipinski definition) is 0. The lowest BCUT2D eigenvalue weighted by molar-refractivity contribution is 0.417. The van der Waals surface area contributed by atoms with Crippen molar-refractivity contribution >= 4 is 5.57 Å². The molecule has 0 spiro atoms. The summed E-state index contributed by atoms with van der Waals surface area (Å²) < 4.78 is 0. The topological polar surface area (TPSA) is 3.24 Å². The summed E-state index contributed by atoms with van der Waals surface area (Å²) in [6.45, 7) is 1.11. The van der Waals surface area contributed by atoms with Crippen molar-refractivity contribution in [3.05, 3.63) is 65.8 Å². The molecular weight excluding hydrogens is 254 g/mol. The van der Waals surface area contributed by atoms with E-state index >= 15 is 0 Å². The van der Waals surface area contributed by atoms with E-state index in [1.807, 2.05) is 0 Å². The maximum Gasteiger partial charge on any atom is 0.00870 e. The smallest absolute Gasteiger partial charge is 0.00870 e. The van der Waals surface area contributed by atoms with Crippen molar-refractivity contribution in [3.63, 3.8) is 0 Å². The number of rotatable bonds is 3. The fourth-order valence-corrected chi connectivity index (χ4v) is 3.51. The molecule has 1 heteroatoms. The van der Waals surface area contributed by atoms with Gasteiger partial charge in [0, 0.05) is 12.5 Å². The Labute approximate surface area is 128 Å². The zero-order valence-corrected chi connectivity index (χ0v) is 13.1. The summed E-state index contributed by atoms with van der Waals surface area (Å²) in [4.78, 5) is 2.26. The third-order valence-corrected chi connectivity index (χ3v) is 4.62. The van der Waals surface area contributed by atoms with Crippen molar-refractivity contribution in [2.75, 3.05) is 20.6 Å². The van der Waals surface area contributed by atoms with Crippen LogP contribution in [0.3, 0.4) is 0 Å². The van der Waals surface area contributed by atoms with Crippen molar-refractivity contribution in [1.29, 1.82) is 0 Å². The molecule has 1 aromatic rings. The Hall–Kier alpha value is -1.60. The van der Waals surface area contributed by atoms with Gasteiger partial charge < -0.3 is 4.90 Å². The quantitative estimate of drug-likeness (QED) is 0.796. The number of fused-ring (bicyclic) bond motifs is 2. The Kier molecular flexibility index (Phi) is 4.40. The fourth-order valence-electron chi connectivity index (χ4n) is 3.51. The Morgan fingerprint density at radius 1 is 1.14 bits per heavy atom. The number of aryl methyl sites for hydroxylation is 1. The first kappa shape index (κ1) is 14.3. The van der Waals surface area contributed by atoms with Crippen LogP contribution < -0.4 is 0 Å². The van der Waals surface area contributed by atoms with Gasteiger partial charge >= 0.3 is 0 Å². The third-order valence-electron chi connectivity index (χ3n) is 4.62. The van der Waals surface area contributed by atoms with E-state index in [1.165, 1.54) is 29.5 Å². The summed E-state index contributed by atoms with van der Waals surface area (Å²) in [7, 11) is 4.29. The molecule has 0 amide bonds. The van der Waals surface area contributed by atoms with Crippen LogP contribution in [0.4, 0.5) is 0 Å². The molecule has 1 nitrogen and oxygen atoms in total. The van der Waals surface area contributed by atoms with E-state index in [9.17, 15) is 0 Å². The standard InChI is InChI=1S/C20H25N/c1-21(2)15-7-12-20-18-10-5-3-8-16(18)13-14-17-9-4-6-11-19(17)20/h3-6,8-12,16,18H,7,13-15H2,1-2H3. The molecule has 0 fully saturated rings. The molecule has 1 aromatic carbocycles. The average Bonchev–Trinajstić information content (AvgIpc) is 2.65. The van der Waals surface area contributed by atoms with Gasteiger partial charge in [0.25, 0.3) is 0 Å². The zero-order chi connectivity index (χ0) is 14.7. The van der Waals surface area contributed by atoms with Crippen LogP contribution in [0.2, 0.25) is 0 Å². The van der Waals surface area contributed by atoms with E-state index in [4.69, 9.17) is 0 Å². The van der Waals surface area contributed by atoms with Crippen molar-refractivity contribution in [2.45, 2.75) is 19.3 Å². The molecule has 0 heterocycles. The molecule has 21 heavy (non-hydrogen) atoms. The maximum absolute atomic E-state index is 2.48. The molecule has 0 saturated carbocycles. The SMILES string of the molecule is CN(C)CCC=C1c2ccccc2CCC2C=CC=CC12. The summed E-state index contributed by atoms with van der Waals surface area (Å²) in [5, 5.41) is 0. The summed E-state index contributed by atoms with van der Waals surface area (Å²) in [6, 6.07) is 8.98. The third kappa shape index (κ3) is 3.19. The molecule has 0 aromatic heterocycles. The summed E-state index contributed by atoms with van der Waals surface area (Å²) in [5.74, 6) is 1.22. The molecule has 2 aliphatic carbocycles. The van der Waals surface area contributed by atoms with E-state index in [0.717, 1.165) is 13.0 Å². The van der Waals surface area contributed by atoms with Crippen LogP contribution in [0, 0.1) is 11.8 Å². The average molecular weight is 279 g/mol. The van der Waals surface area contributed by atoms with Gasteiger partial charge in [-0.15, -0.1) is 0 Å². The molecule has 0 bridgehead atoms. The summed E-state index contributed by atoms with van der Waals surface area (Å²) >= 11 is 0. The van der Waals surface area contributed by atoms with Gasteiger partial charge in [-0.25, -0.2) is 0 Å². The largest absolute Gasteiger partial charge is 0.309 e. The van der Waals surface area contributed by atoms with Crippen LogP contribution >= 0.6 is 0 Å².